The first-order valence-electron chi connectivity index (χ1n) is 6.83. The lowest BCUT2D eigenvalue weighted by atomic mass is 10.2. The van der Waals surface area contributed by atoms with Crippen LogP contribution in [0.15, 0.2) is 48.5 Å². The predicted molar refractivity (Wildman–Crippen MR) is 87.6 cm³/mol. The average molecular weight is 330 g/mol. The molecule has 0 aliphatic carbocycles. The van der Waals surface area contributed by atoms with E-state index in [4.69, 9.17) is 11.6 Å². The van der Waals surface area contributed by atoms with E-state index >= 15 is 0 Å². The van der Waals surface area contributed by atoms with Crippen LogP contribution in [0.1, 0.15) is 16.1 Å². The second kappa shape index (κ2) is 6.10. The molecule has 7 heteroatoms. The molecule has 0 fully saturated rings. The van der Waals surface area contributed by atoms with E-state index in [-0.39, 0.29) is 17.3 Å². The van der Waals surface area contributed by atoms with E-state index < -0.39 is 4.92 Å². The van der Waals surface area contributed by atoms with Gasteiger partial charge in [0.2, 0.25) is 0 Å². The third kappa shape index (κ3) is 3.17. The zero-order chi connectivity index (χ0) is 16.4. The molecular formula is C16H12ClN3O3. The molecule has 0 saturated heterocycles. The van der Waals surface area contributed by atoms with Crippen molar-refractivity contribution in [3.8, 4) is 0 Å². The van der Waals surface area contributed by atoms with Gasteiger partial charge in [-0.3, -0.25) is 14.9 Å². The van der Waals surface area contributed by atoms with Gasteiger partial charge in [-0.2, -0.15) is 0 Å². The lowest BCUT2D eigenvalue weighted by Gasteiger charge is -2.04. The number of aromatic nitrogens is 1. The van der Waals surface area contributed by atoms with Crippen molar-refractivity contribution in [1.82, 2.24) is 10.3 Å². The Balaban J connectivity index is 1.81. The van der Waals surface area contributed by atoms with Gasteiger partial charge in [0.05, 0.1) is 15.8 Å². The number of benzene rings is 2. The summed E-state index contributed by atoms with van der Waals surface area (Å²) in [7, 11) is 0. The van der Waals surface area contributed by atoms with Crippen molar-refractivity contribution in [3.05, 3.63) is 74.9 Å². The van der Waals surface area contributed by atoms with Crippen molar-refractivity contribution in [3.63, 3.8) is 0 Å². The molecule has 1 amide bonds. The normalized spacial score (nSPS) is 10.7. The zero-order valence-corrected chi connectivity index (χ0v) is 12.6. The Morgan fingerprint density at radius 3 is 2.74 bits per heavy atom. The summed E-state index contributed by atoms with van der Waals surface area (Å²) in [5, 5.41) is 14.8. The van der Waals surface area contributed by atoms with Gasteiger partial charge < -0.3 is 10.3 Å². The standard InChI is InChI=1S/C16H12ClN3O3/c17-11-4-1-3-10(7-11)9-18-16(21)14-8-12-13(19-14)5-2-6-15(12)20(22)23/h1-8,19H,9H2,(H,18,21). The number of fused-ring (bicyclic) bond motifs is 1. The molecule has 116 valence electrons. The molecule has 23 heavy (non-hydrogen) atoms. The van der Waals surface area contributed by atoms with Crippen LogP contribution in [0.25, 0.3) is 10.9 Å². The number of hydrogen-bond acceptors (Lipinski definition) is 3. The van der Waals surface area contributed by atoms with Crippen molar-refractivity contribution < 1.29 is 9.72 Å². The van der Waals surface area contributed by atoms with Crippen LogP contribution < -0.4 is 5.32 Å². The minimum absolute atomic E-state index is 0.0346. The third-order valence-corrected chi connectivity index (χ3v) is 3.66. The smallest absolute Gasteiger partial charge is 0.278 e. The van der Waals surface area contributed by atoms with Crippen LogP contribution in [0.2, 0.25) is 5.02 Å². The number of rotatable bonds is 4. The molecule has 0 atom stereocenters. The Labute approximate surface area is 136 Å². The highest BCUT2D eigenvalue weighted by Crippen LogP contribution is 2.26. The molecule has 0 unspecified atom stereocenters. The maximum absolute atomic E-state index is 12.2. The Morgan fingerprint density at radius 1 is 1.22 bits per heavy atom. The van der Waals surface area contributed by atoms with Gasteiger partial charge in [0, 0.05) is 17.6 Å². The minimum atomic E-state index is -0.468. The van der Waals surface area contributed by atoms with Crippen molar-refractivity contribution >= 4 is 34.1 Å². The van der Waals surface area contributed by atoms with Crippen LogP contribution in [-0.4, -0.2) is 15.8 Å². The first kappa shape index (κ1) is 15.1. The van der Waals surface area contributed by atoms with Crippen LogP contribution in [0, 0.1) is 10.1 Å². The Morgan fingerprint density at radius 2 is 2.00 bits per heavy atom. The van der Waals surface area contributed by atoms with E-state index in [1.165, 1.54) is 12.1 Å². The highest BCUT2D eigenvalue weighted by Gasteiger charge is 2.16. The molecule has 0 spiro atoms. The summed E-state index contributed by atoms with van der Waals surface area (Å²) in [6.45, 7) is 0.316. The lowest BCUT2D eigenvalue weighted by molar-refractivity contribution is -0.383. The summed E-state index contributed by atoms with van der Waals surface area (Å²) in [5.74, 6) is -0.338. The Hall–Kier alpha value is -2.86. The van der Waals surface area contributed by atoms with Crippen LogP contribution >= 0.6 is 11.6 Å². The number of nitrogens with zero attached hydrogens (tertiary/aromatic N) is 1. The fourth-order valence-corrected chi connectivity index (χ4v) is 2.56. The molecule has 2 N–H and O–H groups in total. The Kier molecular flexibility index (Phi) is 3.99. The minimum Gasteiger partial charge on any atom is -0.350 e. The predicted octanol–water partition coefficient (Wildman–Crippen LogP) is 3.66. The van der Waals surface area contributed by atoms with Gasteiger partial charge >= 0.3 is 0 Å². The zero-order valence-electron chi connectivity index (χ0n) is 11.9. The SMILES string of the molecule is O=C(NCc1cccc(Cl)c1)c1cc2c([N+](=O)[O-])cccc2[nH]1. The summed E-state index contributed by atoms with van der Waals surface area (Å²) in [5.41, 5.74) is 1.66. The Bertz CT molecular complexity index is 904. The second-order valence-corrected chi connectivity index (χ2v) is 5.43. The van der Waals surface area contributed by atoms with Gasteiger partial charge in [0.25, 0.3) is 11.6 Å². The van der Waals surface area contributed by atoms with Crippen LogP contribution in [0.4, 0.5) is 5.69 Å². The molecule has 0 bridgehead atoms. The van der Waals surface area contributed by atoms with Crippen molar-refractivity contribution in [2.45, 2.75) is 6.54 Å². The van der Waals surface area contributed by atoms with Crippen LogP contribution in [0.3, 0.4) is 0 Å². The van der Waals surface area contributed by atoms with Crippen LogP contribution in [0.5, 0.6) is 0 Å². The summed E-state index contributed by atoms with van der Waals surface area (Å²) in [6.07, 6.45) is 0. The topological polar surface area (TPSA) is 88.0 Å². The maximum atomic E-state index is 12.2. The first-order chi connectivity index (χ1) is 11.0. The fraction of sp³-hybridized carbons (Fsp3) is 0.0625. The summed E-state index contributed by atoms with van der Waals surface area (Å²) in [4.78, 5) is 25.7. The molecule has 6 nitrogen and oxygen atoms in total. The van der Waals surface area contributed by atoms with Gasteiger partial charge in [0.1, 0.15) is 5.69 Å². The number of halogens is 1. The highest BCUT2D eigenvalue weighted by molar-refractivity contribution is 6.30. The molecule has 0 saturated carbocycles. The van der Waals surface area contributed by atoms with Crippen LogP contribution in [-0.2, 0) is 6.54 Å². The number of carbonyl (C=O) groups excluding carboxylic acids is 1. The van der Waals surface area contributed by atoms with E-state index in [2.05, 4.69) is 10.3 Å². The number of non-ortho nitro benzene ring substituents is 1. The van der Waals surface area contributed by atoms with Gasteiger partial charge in [-0.05, 0) is 29.8 Å². The second-order valence-electron chi connectivity index (χ2n) is 4.99. The number of nitrogens with one attached hydrogen (secondary N) is 2. The highest BCUT2D eigenvalue weighted by atomic mass is 35.5. The van der Waals surface area contributed by atoms with Gasteiger partial charge in [-0.25, -0.2) is 0 Å². The summed E-state index contributed by atoms with van der Waals surface area (Å²) < 4.78 is 0. The van der Waals surface area contributed by atoms with Gasteiger partial charge in [0.15, 0.2) is 0 Å². The molecule has 3 aromatic rings. The average Bonchev–Trinajstić information content (AvgIpc) is 2.96. The summed E-state index contributed by atoms with van der Waals surface area (Å²) in [6, 6.07) is 13.3. The molecule has 2 aromatic carbocycles. The third-order valence-electron chi connectivity index (χ3n) is 3.42. The van der Waals surface area contributed by atoms with E-state index in [0.29, 0.717) is 22.5 Å². The van der Waals surface area contributed by atoms with E-state index in [0.717, 1.165) is 5.56 Å². The number of H-pyrrole nitrogens is 1. The monoisotopic (exact) mass is 329 g/mol. The summed E-state index contributed by atoms with van der Waals surface area (Å²) >= 11 is 5.89. The molecule has 1 heterocycles. The quantitative estimate of drug-likeness (QED) is 0.565. The lowest BCUT2D eigenvalue weighted by Crippen LogP contribution is -2.23. The molecule has 0 aliphatic heterocycles. The van der Waals surface area contributed by atoms with Crippen molar-refractivity contribution in [2.24, 2.45) is 0 Å². The molecule has 0 aliphatic rings. The number of carbonyl (C=O) groups is 1. The fourth-order valence-electron chi connectivity index (χ4n) is 2.35. The number of nitro groups is 1. The molecule has 0 radical (unpaired) electrons. The molecular weight excluding hydrogens is 318 g/mol. The van der Waals surface area contributed by atoms with Gasteiger partial charge in [-0.1, -0.05) is 29.8 Å². The number of aromatic amines is 1. The number of nitro benzene ring substituents is 1. The molecule has 3 rings (SSSR count). The first-order valence-corrected chi connectivity index (χ1v) is 7.21. The largest absolute Gasteiger partial charge is 0.350 e. The maximum Gasteiger partial charge on any atom is 0.278 e. The molecule has 1 aromatic heterocycles. The van der Waals surface area contributed by atoms with E-state index in [1.807, 2.05) is 6.07 Å². The van der Waals surface area contributed by atoms with Gasteiger partial charge in [-0.15, -0.1) is 0 Å². The number of amides is 1. The van der Waals surface area contributed by atoms with Crippen molar-refractivity contribution in [2.75, 3.05) is 0 Å². The van der Waals surface area contributed by atoms with E-state index in [1.54, 1.807) is 30.3 Å². The van der Waals surface area contributed by atoms with Crippen molar-refractivity contribution in [1.29, 1.82) is 0 Å². The van der Waals surface area contributed by atoms with E-state index in [9.17, 15) is 14.9 Å². The number of hydrogen-bond donors (Lipinski definition) is 2.